The van der Waals surface area contributed by atoms with Crippen LogP contribution in [-0.2, 0) is 9.59 Å². The number of carbonyl (C=O) groups excluding carboxylic acids is 2. The van der Waals surface area contributed by atoms with Crippen LogP contribution in [0.1, 0.15) is 34.1 Å². The van der Waals surface area contributed by atoms with Gasteiger partial charge in [-0.25, -0.2) is 9.37 Å². The fourth-order valence-electron chi connectivity index (χ4n) is 2.99. The van der Waals surface area contributed by atoms with Crippen molar-refractivity contribution in [3.8, 4) is 23.1 Å². The third-order valence-corrected chi connectivity index (χ3v) is 5.73. The van der Waals surface area contributed by atoms with E-state index in [0.29, 0.717) is 45.8 Å². The third-order valence-electron chi connectivity index (χ3n) is 5.46. The van der Waals surface area contributed by atoms with E-state index >= 15 is 0 Å². The number of rotatable bonds is 9. The topological polar surface area (TPSA) is 112 Å². The number of methoxy groups -OCH3 is 2. The van der Waals surface area contributed by atoms with Crippen molar-refractivity contribution in [2.24, 2.45) is 5.92 Å². The maximum atomic E-state index is 12.2. The Morgan fingerprint density at radius 3 is 2.10 bits per heavy atom. The van der Waals surface area contributed by atoms with Gasteiger partial charge in [0.15, 0.2) is 11.5 Å². The highest BCUT2D eigenvalue weighted by molar-refractivity contribution is 6.32. The molecule has 42 heavy (non-hydrogen) atoms. The van der Waals surface area contributed by atoms with Crippen molar-refractivity contribution < 1.29 is 28.2 Å². The predicted molar refractivity (Wildman–Crippen MR) is 167 cm³/mol. The molecule has 1 amide bonds. The number of hydrogen-bond acceptors (Lipinski definition) is 8. The van der Waals surface area contributed by atoms with Crippen LogP contribution in [0.15, 0.2) is 60.9 Å². The Hall–Kier alpha value is -4.44. The molecule has 2 heterocycles. The number of nitrogens with one attached hydrogen (secondary N) is 2. The summed E-state index contributed by atoms with van der Waals surface area (Å²) in [4.78, 5) is 28.2. The van der Waals surface area contributed by atoms with Gasteiger partial charge in [-0.15, -0.1) is 0 Å². The Kier molecular flexibility index (Phi) is 16.6. The predicted octanol–water partition coefficient (Wildman–Crippen LogP) is 7.79. The average molecular weight is 601 g/mol. The molecule has 0 spiro atoms. The van der Waals surface area contributed by atoms with Gasteiger partial charge in [0.1, 0.15) is 22.9 Å². The minimum Gasteiger partial charge on any atom is -0.493 e. The van der Waals surface area contributed by atoms with Crippen molar-refractivity contribution >= 4 is 46.6 Å². The van der Waals surface area contributed by atoms with Gasteiger partial charge in [0.25, 0.3) is 0 Å². The zero-order valence-corrected chi connectivity index (χ0v) is 25.7. The second kappa shape index (κ2) is 19.6. The molecule has 2 aromatic heterocycles. The summed E-state index contributed by atoms with van der Waals surface area (Å²) in [6, 6.07) is 12.6. The molecule has 0 saturated heterocycles. The highest BCUT2D eigenvalue weighted by atomic mass is 35.5. The monoisotopic (exact) mass is 600 g/mol. The van der Waals surface area contributed by atoms with E-state index in [1.807, 2.05) is 33.8 Å². The Labute approximate surface area is 251 Å². The van der Waals surface area contributed by atoms with E-state index in [4.69, 9.17) is 25.8 Å². The smallest absolute Gasteiger partial charge is 0.238 e. The number of amides is 1. The van der Waals surface area contributed by atoms with Crippen molar-refractivity contribution in [2.45, 2.75) is 34.1 Å². The quantitative estimate of drug-likeness (QED) is 0.187. The normalized spacial score (nSPS) is 10.2. The summed E-state index contributed by atoms with van der Waals surface area (Å²) < 4.78 is 28.7. The lowest BCUT2D eigenvalue weighted by Gasteiger charge is -2.12. The molecule has 0 aliphatic heterocycles. The van der Waals surface area contributed by atoms with Crippen LogP contribution in [0.25, 0.3) is 10.9 Å². The second-order valence-electron chi connectivity index (χ2n) is 8.19. The highest BCUT2D eigenvalue weighted by Gasteiger charge is 2.13. The van der Waals surface area contributed by atoms with Gasteiger partial charge < -0.3 is 29.6 Å². The van der Waals surface area contributed by atoms with E-state index in [9.17, 15) is 14.0 Å². The van der Waals surface area contributed by atoms with Gasteiger partial charge in [-0.1, -0.05) is 39.3 Å². The van der Waals surface area contributed by atoms with E-state index in [1.54, 1.807) is 51.9 Å². The molecule has 0 aliphatic rings. The van der Waals surface area contributed by atoms with Crippen molar-refractivity contribution in [1.29, 1.82) is 0 Å². The molecule has 2 N–H and O–H groups in total. The fourth-order valence-corrected chi connectivity index (χ4v) is 3.19. The van der Waals surface area contributed by atoms with E-state index in [2.05, 4.69) is 20.6 Å². The first-order valence-electron chi connectivity index (χ1n) is 13.2. The van der Waals surface area contributed by atoms with Crippen LogP contribution >= 0.6 is 11.6 Å². The zero-order valence-electron chi connectivity index (χ0n) is 24.9. The van der Waals surface area contributed by atoms with Gasteiger partial charge in [0.05, 0.1) is 31.6 Å². The maximum Gasteiger partial charge on any atom is 0.238 e. The minimum absolute atomic E-state index is 0.255. The SMILES string of the molecule is CC.CCC(C)C=O.CNc1cnc(Oc2ccnc3cc(OC)c(OC)cc23)c(Cl)c1.O=CNc1ccc(F)cc1. The van der Waals surface area contributed by atoms with Crippen LogP contribution in [0.4, 0.5) is 15.8 Å². The summed E-state index contributed by atoms with van der Waals surface area (Å²) in [6.07, 6.45) is 5.78. The first-order chi connectivity index (χ1) is 20.3. The lowest BCUT2D eigenvalue weighted by molar-refractivity contribution is -0.110. The van der Waals surface area contributed by atoms with Crippen LogP contribution in [0.2, 0.25) is 5.02 Å². The van der Waals surface area contributed by atoms with E-state index in [0.717, 1.165) is 23.8 Å². The van der Waals surface area contributed by atoms with Gasteiger partial charge in [0, 0.05) is 36.3 Å². The average Bonchev–Trinajstić information content (AvgIpc) is 3.03. The molecule has 0 radical (unpaired) electrons. The third kappa shape index (κ3) is 11.2. The van der Waals surface area contributed by atoms with Crippen molar-refractivity contribution in [2.75, 3.05) is 31.9 Å². The van der Waals surface area contributed by atoms with Gasteiger partial charge in [-0.05, 0) is 48.9 Å². The Morgan fingerprint density at radius 2 is 1.60 bits per heavy atom. The van der Waals surface area contributed by atoms with E-state index in [1.165, 1.54) is 24.3 Å². The molecule has 226 valence electrons. The molecule has 9 nitrogen and oxygen atoms in total. The van der Waals surface area contributed by atoms with Crippen molar-refractivity contribution in [1.82, 2.24) is 9.97 Å². The highest BCUT2D eigenvalue weighted by Crippen LogP contribution is 2.38. The van der Waals surface area contributed by atoms with Crippen LogP contribution in [-0.4, -0.2) is 43.9 Å². The molecule has 11 heteroatoms. The zero-order chi connectivity index (χ0) is 31.5. The summed E-state index contributed by atoms with van der Waals surface area (Å²) in [7, 11) is 4.95. The molecule has 0 saturated carbocycles. The van der Waals surface area contributed by atoms with Gasteiger partial charge in [-0.3, -0.25) is 9.78 Å². The maximum absolute atomic E-state index is 12.2. The van der Waals surface area contributed by atoms with E-state index in [-0.39, 0.29) is 11.7 Å². The largest absolute Gasteiger partial charge is 0.493 e. The van der Waals surface area contributed by atoms with Crippen molar-refractivity contribution in [3.05, 3.63) is 71.8 Å². The van der Waals surface area contributed by atoms with Gasteiger partial charge >= 0.3 is 0 Å². The second-order valence-corrected chi connectivity index (χ2v) is 8.59. The Balaban J connectivity index is 0.000000403. The lowest BCUT2D eigenvalue weighted by atomic mass is 10.2. The summed E-state index contributed by atoms with van der Waals surface area (Å²) in [6.45, 7) is 7.91. The van der Waals surface area contributed by atoms with Crippen LogP contribution in [0, 0.1) is 11.7 Å². The molecule has 2 aromatic carbocycles. The molecule has 1 unspecified atom stereocenters. The number of nitrogens with zero attached hydrogens (tertiary/aromatic N) is 2. The minimum atomic E-state index is -0.309. The van der Waals surface area contributed by atoms with Crippen molar-refractivity contribution in [3.63, 3.8) is 0 Å². The number of carbonyl (C=O) groups is 2. The van der Waals surface area contributed by atoms with Crippen LogP contribution in [0.3, 0.4) is 0 Å². The van der Waals surface area contributed by atoms with Crippen LogP contribution < -0.4 is 24.8 Å². The number of pyridine rings is 2. The molecule has 0 fully saturated rings. The number of ether oxygens (including phenoxy) is 3. The lowest BCUT2D eigenvalue weighted by Crippen LogP contribution is -1.95. The number of halogens is 2. The summed E-state index contributed by atoms with van der Waals surface area (Å²) >= 11 is 6.23. The summed E-state index contributed by atoms with van der Waals surface area (Å²) in [5.41, 5.74) is 2.11. The van der Waals surface area contributed by atoms with Gasteiger partial charge in [0.2, 0.25) is 12.3 Å². The number of hydrogen-bond donors (Lipinski definition) is 2. The van der Waals surface area contributed by atoms with Gasteiger partial charge in [-0.2, -0.15) is 0 Å². The fraction of sp³-hybridized carbons (Fsp3) is 0.290. The molecular weight excluding hydrogens is 563 g/mol. The molecule has 0 aliphatic carbocycles. The Bertz CT molecular complexity index is 1390. The number of fused-ring (bicyclic) bond motifs is 1. The number of aldehydes is 1. The standard InChI is InChI=1S/C17H16ClN3O3.C7H6FNO.C5H10O.C2H6/c1-19-10-6-12(18)17(21-9-10)24-14-4-5-20-13-8-16(23-3)15(22-2)7-11(13)14;8-6-1-3-7(4-2-6)9-5-10;1-3-5(2)4-6;1-2/h4-9,19H,1-3H3;1-5H,(H,9,10);4-5H,3H2,1-2H3;1-2H3. The summed E-state index contributed by atoms with van der Waals surface area (Å²) in [5, 5.41) is 6.54. The molecule has 0 bridgehead atoms. The first-order valence-corrected chi connectivity index (χ1v) is 13.6. The number of aromatic nitrogens is 2. The van der Waals surface area contributed by atoms with Crippen LogP contribution in [0.5, 0.6) is 23.1 Å². The first kappa shape index (κ1) is 35.6. The number of anilines is 2. The number of benzene rings is 2. The Morgan fingerprint density at radius 1 is 0.952 bits per heavy atom. The summed E-state index contributed by atoms with van der Waals surface area (Å²) in [5.74, 6) is 2.03. The molecule has 4 aromatic rings. The molecule has 4 rings (SSSR count). The van der Waals surface area contributed by atoms with E-state index < -0.39 is 0 Å². The molecular formula is C31H38ClFN4O5. The molecule has 1 atom stereocenters.